The maximum absolute atomic E-state index is 12.7. The number of carbonyl (C=O) groups is 2. The number of thiophene rings is 1. The zero-order valence-electron chi connectivity index (χ0n) is 14.6. The van der Waals surface area contributed by atoms with Crippen LogP contribution < -0.4 is 10.2 Å². The van der Waals surface area contributed by atoms with Crippen molar-refractivity contribution in [2.45, 2.75) is 13.0 Å². The summed E-state index contributed by atoms with van der Waals surface area (Å²) in [4.78, 5) is 27.2. The van der Waals surface area contributed by atoms with Crippen molar-refractivity contribution in [3.05, 3.63) is 82.0 Å². The van der Waals surface area contributed by atoms with E-state index in [0.29, 0.717) is 17.1 Å². The smallest absolute Gasteiger partial charge is 0.411 e. The molecule has 0 aliphatic carbocycles. The average molecular weight is 378 g/mol. The molecule has 1 aliphatic rings. The van der Waals surface area contributed by atoms with Gasteiger partial charge in [-0.3, -0.25) is 10.1 Å². The maximum Gasteiger partial charge on any atom is 0.411 e. The second-order valence-electron chi connectivity index (χ2n) is 6.21. The predicted octanol–water partition coefficient (Wildman–Crippen LogP) is 4.70. The van der Waals surface area contributed by atoms with E-state index < -0.39 is 6.09 Å². The molecule has 136 valence electrons. The van der Waals surface area contributed by atoms with Crippen molar-refractivity contribution in [3.8, 4) is 0 Å². The standard InChI is InChI=1S/C21H18N2O3S/c24-20(19-7-4-12-27-19)23-11-10-16-8-9-17(13-18(16)23)22-21(25)26-14-15-5-2-1-3-6-15/h1-9,12-13H,10-11,14H2,(H,22,25). The summed E-state index contributed by atoms with van der Waals surface area (Å²) < 4.78 is 5.26. The van der Waals surface area contributed by atoms with Gasteiger partial charge in [-0.1, -0.05) is 42.5 Å². The first-order valence-electron chi connectivity index (χ1n) is 8.67. The van der Waals surface area contributed by atoms with Gasteiger partial charge in [0.1, 0.15) is 6.61 Å². The molecule has 2 aromatic carbocycles. The Kier molecular flexibility index (Phi) is 4.89. The van der Waals surface area contributed by atoms with Gasteiger partial charge in [-0.25, -0.2) is 4.79 Å². The van der Waals surface area contributed by atoms with E-state index in [1.807, 2.05) is 66.0 Å². The topological polar surface area (TPSA) is 58.6 Å². The molecular formula is C21H18N2O3S. The fourth-order valence-corrected chi connectivity index (χ4v) is 3.75. The molecule has 1 N–H and O–H groups in total. The summed E-state index contributed by atoms with van der Waals surface area (Å²) >= 11 is 1.43. The number of hydrogen-bond donors (Lipinski definition) is 1. The van der Waals surface area contributed by atoms with Crippen molar-refractivity contribution in [3.63, 3.8) is 0 Å². The third kappa shape index (κ3) is 3.85. The number of benzene rings is 2. The molecule has 0 radical (unpaired) electrons. The molecule has 0 saturated carbocycles. The third-order valence-electron chi connectivity index (χ3n) is 4.42. The lowest BCUT2D eigenvalue weighted by Crippen LogP contribution is -2.28. The number of rotatable bonds is 4. The van der Waals surface area contributed by atoms with Gasteiger partial charge < -0.3 is 9.64 Å². The van der Waals surface area contributed by atoms with Crippen molar-refractivity contribution in [1.29, 1.82) is 0 Å². The number of carbonyl (C=O) groups excluding carboxylic acids is 2. The Bertz CT molecular complexity index is 955. The molecule has 1 aromatic heterocycles. The molecule has 0 atom stereocenters. The number of hydrogen-bond acceptors (Lipinski definition) is 4. The van der Waals surface area contributed by atoms with Crippen molar-refractivity contribution >= 4 is 34.7 Å². The fraction of sp³-hybridized carbons (Fsp3) is 0.143. The molecule has 0 bridgehead atoms. The van der Waals surface area contributed by atoms with Gasteiger partial charge >= 0.3 is 6.09 Å². The van der Waals surface area contributed by atoms with Crippen LogP contribution in [0.4, 0.5) is 16.2 Å². The minimum absolute atomic E-state index is 0.00689. The Hall–Kier alpha value is -3.12. The molecular weight excluding hydrogens is 360 g/mol. The van der Waals surface area contributed by atoms with Crippen LogP contribution in [0, 0.1) is 0 Å². The van der Waals surface area contributed by atoms with Crippen LogP contribution in [-0.2, 0) is 17.8 Å². The van der Waals surface area contributed by atoms with E-state index in [1.54, 1.807) is 4.90 Å². The average Bonchev–Trinajstić information content (AvgIpc) is 3.36. The van der Waals surface area contributed by atoms with Crippen LogP contribution in [0.3, 0.4) is 0 Å². The van der Waals surface area contributed by atoms with E-state index in [2.05, 4.69) is 5.32 Å². The molecule has 0 fully saturated rings. The Balaban J connectivity index is 1.44. The second kappa shape index (κ2) is 7.63. The highest BCUT2D eigenvalue weighted by Crippen LogP contribution is 2.32. The Morgan fingerprint density at radius 3 is 2.70 bits per heavy atom. The highest BCUT2D eigenvalue weighted by Gasteiger charge is 2.26. The lowest BCUT2D eigenvalue weighted by atomic mass is 10.1. The van der Waals surface area contributed by atoms with Crippen LogP contribution in [0.2, 0.25) is 0 Å². The summed E-state index contributed by atoms with van der Waals surface area (Å²) in [6.07, 6.45) is 0.290. The minimum atomic E-state index is -0.520. The van der Waals surface area contributed by atoms with Gasteiger partial charge in [0.15, 0.2) is 0 Å². The summed E-state index contributed by atoms with van der Waals surface area (Å²) in [6, 6.07) is 18.8. The minimum Gasteiger partial charge on any atom is -0.444 e. The normalized spacial score (nSPS) is 12.5. The number of anilines is 2. The maximum atomic E-state index is 12.7. The lowest BCUT2D eigenvalue weighted by molar-refractivity contribution is 0.0993. The van der Waals surface area contributed by atoms with Crippen LogP contribution in [0.15, 0.2) is 66.0 Å². The second-order valence-corrected chi connectivity index (χ2v) is 7.16. The molecule has 27 heavy (non-hydrogen) atoms. The van der Waals surface area contributed by atoms with E-state index in [-0.39, 0.29) is 12.5 Å². The molecule has 0 saturated heterocycles. The fourth-order valence-electron chi connectivity index (χ4n) is 3.08. The van der Waals surface area contributed by atoms with Crippen LogP contribution in [0.1, 0.15) is 20.8 Å². The van der Waals surface area contributed by atoms with Crippen LogP contribution in [0.5, 0.6) is 0 Å². The van der Waals surface area contributed by atoms with E-state index >= 15 is 0 Å². The van der Waals surface area contributed by atoms with Crippen molar-refractivity contribution in [2.24, 2.45) is 0 Å². The number of ether oxygens (including phenoxy) is 1. The lowest BCUT2D eigenvalue weighted by Gasteiger charge is -2.17. The van der Waals surface area contributed by atoms with Gasteiger partial charge in [-0.2, -0.15) is 0 Å². The zero-order chi connectivity index (χ0) is 18.6. The highest BCUT2D eigenvalue weighted by atomic mass is 32.1. The first kappa shape index (κ1) is 17.3. The summed E-state index contributed by atoms with van der Waals surface area (Å²) in [5.74, 6) is -0.00689. The summed E-state index contributed by atoms with van der Waals surface area (Å²) in [6.45, 7) is 0.856. The van der Waals surface area contributed by atoms with E-state index in [9.17, 15) is 9.59 Å². The molecule has 0 spiro atoms. The summed E-state index contributed by atoms with van der Waals surface area (Å²) in [5.41, 5.74) is 3.48. The summed E-state index contributed by atoms with van der Waals surface area (Å²) in [5, 5.41) is 4.63. The van der Waals surface area contributed by atoms with Gasteiger partial charge in [0.25, 0.3) is 5.91 Å². The van der Waals surface area contributed by atoms with Gasteiger partial charge in [0, 0.05) is 17.9 Å². The van der Waals surface area contributed by atoms with Gasteiger partial charge in [-0.05, 0) is 41.1 Å². The molecule has 3 aromatic rings. The van der Waals surface area contributed by atoms with Crippen LogP contribution >= 0.6 is 11.3 Å². The Labute approximate surface area is 161 Å². The van der Waals surface area contributed by atoms with Crippen LogP contribution in [-0.4, -0.2) is 18.5 Å². The third-order valence-corrected chi connectivity index (χ3v) is 5.27. The van der Waals surface area contributed by atoms with Crippen molar-refractivity contribution in [1.82, 2.24) is 0 Å². The van der Waals surface area contributed by atoms with Gasteiger partial charge in [-0.15, -0.1) is 11.3 Å². The SMILES string of the molecule is O=C(Nc1ccc2c(c1)N(C(=O)c1cccs1)CC2)OCc1ccccc1. The van der Waals surface area contributed by atoms with Crippen molar-refractivity contribution in [2.75, 3.05) is 16.8 Å². The van der Waals surface area contributed by atoms with E-state index in [1.165, 1.54) is 11.3 Å². The first-order chi connectivity index (χ1) is 13.2. The largest absolute Gasteiger partial charge is 0.444 e. The quantitative estimate of drug-likeness (QED) is 0.716. The molecule has 0 unspecified atom stereocenters. The predicted molar refractivity (Wildman–Crippen MR) is 106 cm³/mol. The Morgan fingerprint density at radius 1 is 1.07 bits per heavy atom. The zero-order valence-corrected chi connectivity index (χ0v) is 15.4. The number of nitrogens with one attached hydrogen (secondary N) is 1. The monoisotopic (exact) mass is 378 g/mol. The molecule has 4 rings (SSSR count). The van der Waals surface area contributed by atoms with Crippen molar-refractivity contribution < 1.29 is 14.3 Å². The van der Waals surface area contributed by atoms with Gasteiger partial charge in [0.2, 0.25) is 0 Å². The van der Waals surface area contributed by atoms with Crippen LogP contribution in [0.25, 0.3) is 0 Å². The molecule has 5 nitrogen and oxygen atoms in total. The number of nitrogens with zero attached hydrogens (tertiary/aromatic N) is 1. The Morgan fingerprint density at radius 2 is 1.93 bits per heavy atom. The molecule has 6 heteroatoms. The molecule has 2 heterocycles. The van der Waals surface area contributed by atoms with E-state index in [4.69, 9.17) is 4.74 Å². The van der Waals surface area contributed by atoms with Gasteiger partial charge in [0.05, 0.1) is 4.88 Å². The highest BCUT2D eigenvalue weighted by molar-refractivity contribution is 7.12. The summed E-state index contributed by atoms with van der Waals surface area (Å²) in [7, 11) is 0. The number of amides is 2. The molecule has 2 amide bonds. The first-order valence-corrected chi connectivity index (χ1v) is 9.55. The molecule has 1 aliphatic heterocycles. The van der Waals surface area contributed by atoms with E-state index in [0.717, 1.165) is 23.2 Å². The number of fused-ring (bicyclic) bond motifs is 1.